The van der Waals surface area contributed by atoms with Crippen LogP contribution < -0.4 is 5.32 Å². The van der Waals surface area contributed by atoms with E-state index in [-0.39, 0.29) is 24.7 Å². The Bertz CT molecular complexity index is 402. The van der Waals surface area contributed by atoms with Gasteiger partial charge in [0, 0.05) is 0 Å². The van der Waals surface area contributed by atoms with Crippen LogP contribution in [0.4, 0.5) is 0 Å². The van der Waals surface area contributed by atoms with Crippen molar-refractivity contribution >= 4 is 5.91 Å². The second kappa shape index (κ2) is 3.35. The van der Waals surface area contributed by atoms with Crippen molar-refractivity contribution in [1.29, 1.82) is 0 Å². The minimum atomic E-state index is 0.00984. The Morgan fingerprint density at radius 3 is 3.13 bits per heavy atom. The summed E-state index contributed by atoms with van der Waals surface area (Å²) in [6.45, 7) is 0.190. The zero-order valence-corrected chi connectivity index (χ0v) is 8.40. The molecule has 1 saturated heterocycles. The Hall–Kier alpha value is -1.35. The molecule has 3 nitrogen and oxygen atoms in total. The number of fused-ring (bicyclic) bond motifs is 3. The fourth-order valence-electron chi connectivity index (χ4n) is 2.49. The van der Waals surface area contributed by atoms with Crippen molar-refractivity contribution in [3.8, 4) is 0 Å². The van der Waals surface area contributed by atoms with Gasteiger partial charge >= 0.3 is 0 Å². The lowest BCUT2D eigenvalue weighted by Gasteiger charge is -2.37. The Morgan fingerprint density at radius 2 is 2.20 bits per heavy atom. The van der Waals surface area contributed by atoms with Gasteiger partial charge in [-0.3, -0.25) is 4.79 Å². The number of amides is 1. The van der Waals surface area contributed by atoms with E-state index in [0.29, 0.717) is 0 Å². The molecular weight excluding hydrogens is 190 g/mol. The average Bonchev–Trinajstić information content (AvgIpc) is 2.28. The molecule has 1 fully saturated rings. The third-order valence-corrected chi connectivity index (χ3v) is 3.19. The van der Waals surface area contributed by atoms with E-state index < -0.39 is 0 Å². The summed E-state index contributed by atoms with van der Waals surface area (Å²) in [7, 11) is 0. The maximum absolute atomic E-state index is 11.2. The van der Waals surface area contributed by atoms with Crippen molar-refractivity contribution in [2.75, 3.05) is 6.61 Å². The summed E-state index contributed by atoms with van der Waals surface area (Å²) in [5, 5.41) is 3.00. The van der Waals surface area contributed by atoms with Crippen molar-refractivity contribution in [3.63, 3.8) is 0 Å². The van der Waals surface area contributed by atoms with Gasteiger partial charge in [-0.2, -0.15) is 0 Å². The number of carbonyl (C=O) groups excluding carboxylic acids is 1. The molecule has 1 heterocycles. The monoisotopic (exact) mass is 203 g/mol. The van der Waals surface area contributed by atoms with E-state index in [1.54, 1.807) is 0 Å². The highest BCUT2D eigenvalue weighted by Gasteiger charge is 2.34. The van der Waals surface area contributed by atoms with Gasteiger partial charge in [-0.1, -0.05) is 24.3 Å². The number of hydrogen-bond donors (Lipinski definition) is 1. The molecule has 0 saturated carbocycles. The fourth-order valence-corrected chi connectivity index (χ4v) is 2.49. The smallest absolute Gasteiger partial charge is 0.246 e. The van der Waals surface area contributed by atoms with Crippen molar-refractivity contribution in [2.45, 2.75) is 25.0 Å². The van der Waals surface area contributed by atoms with E-state index in [2.05, 4.69) is 23.5 Å². The van der Waals surface area contributed by atoms with Crippen LogP contribution in [0, 0.1) is 0 Å². The van der Waals surface area contributed by atoms with Crippen molar-refractivity contribution in [3.05, 3.63) is 35.4 Å². The second-order valence-electron chi connectivity index (χ2n) is 4.14. The van der Waals surface area contributed by atoms with Gasteiger partial charge in [-0.25, -0.2) is 0 Å². The van der Waals surface area contributed by atoms with E-state index in [0.717, 1.165) is 12.8 Å². The summed E-state index contributed by atoms with van der Waals surface area (Å²) < 4.78 is 5.61. The minimum absolute atomic E-state index is 0.00984. The Kier molecular flexibility index (Phi) is 1.99. The van der Waals surface area contributed by atoms with Crippen LogP contribution in [0.3, 0.4) is 0 Å². The molecule has 2 atom stereocenters. The van der Waals surface area contributed by atoms with Crippen LogP contribution in [-0.2, 0) is 16.0 Å². The standard InChI is InChI=1S/C12H13NO2/c14-11-7-15-12-9-4-2-1-3-8(9)5-6-10(12)13-11/h1-4,10,12H,5-7H2,(H,13,14). The largest absolute Gasteiger partial charge is 0.362 e. The summed E-state index contributed by atoms with van der Waals surface area (Å²) in [6.07, 6.45) is 2.07. The third-order valence-electron chi connectivity index (χ3n) is 3.19. The first kappa shape index (κ1) is 8.92. The number of ether oxygens (including phenoxy) is 1. The van der Waals surface area contributed by atoms with Crippen LogP contribution in [0.2, 0.25) is 0 Å². The lowest BCUT2D eigenvalue weighted by atomic mass is 9.85. The number of rotatable bonds is 0. The molecule has 78 valence electrons. The molecule has 15 heavy (non-hydrogen) atoms. The van der Waals surface area contributed by atoms with Crippen molar-refractivity contribution < 1.29 is 9.53 Å². The molecular formula is C12H13NO2. The van der Waals surface area contributed by atoms with Crippen LogP contribution >= 0.6 is 0 Å². The molecule has 1 amide bonds. The summed E-state index contributed by atoms with van der Waals surface area (Å²) in [5.74, 6) is 0.00984. The van der Waals surface area contributed by atoms with Crippen LogP contribution in [0.15, 0.2) is 24.3 Å². The van der Waals surface area contributed by atoms with E-state index >= 15 is 0 Å². The molecule has 1 aliphatic heterocycles. The van der Waals surface area contributed by atoms with E-state index in [1.807, 2.05) is 6.07 Å². The first-order valence-corrected chi connectivity index (χ1v) is 5.33. The van der Waals surface area contributed by atoms with Gasteiger partial charge in [0.1, 0.15) is 12.7 Å². The summed E-state index contributed by atoms with van der Waals surface area (Å²) >= 11 is 0. The molecule has 1 aromatic carbocycles. The van der Waals surface area contributed by atoms with Crippen molar-refractivity contribution in [2.24, 2.45) is 0 Å². The quantitative estimate of drug-likeness (QED) is 0.687. The van der Waals surface area contributed by atoms with E-state index in [9.17, 15) is 4.79 Å². The summed E-state index contributed by atoms with van der Waals surface area (Å²) in [4.78, 5) is 11.2. The number of aryl methyl sites for hydroxylation is 1. The third kappa shape index (κ3) is 1.43. The topological polar surface area (TPSA) is 38.3 Å². The molecule has 2 aliphatic rings. The first-order valence-electron chi connectivity index (χ1n) is 5.33. The lowest BCUT2D eigenvalue weighted by Crippen LogP contribution is -2.49. The van der Waals surface area contributed by atoms with Crippen LogP contribution in [-0.4, -0.2) is 18.6 Å². The SMILES string of the molecule is O=C1COC2c3ccccc3CCC2N1. The zero-order valence-electron chi connectivity index (χ0n) is 8.40. The molecule has 0 aromatic heterocycles. The Labute approximate surface area is 88.4 Å². The van der Waals surface area contributed by atoms with Gasteiger partial charge in [0.2, 0.25) is 5.91 Å². The van der Waals surface area contributed by atoms with Gasteiger partial charge in [-0.15, -0.1) is 0 Å². The number of nitrogens with one attached hydrogen (secondary N) is 1. The predicted octanol–water partition coefficient (Wildman–Crippen LogP) is 1.19. The van der Waals surface area contributed by atoms with Gasteiger partial charge in [0.05, 0.1) is 6.04 Å². The van der Waals surface area contributed by atoms with Crippen LogP contribution in [0.5, 0.6) is 0 Å². The number of morpholine rings is 1. The molecule has 0 radical (unpaired) electrons. The molecule has 2 unspecified atom stereocenters. The second-order valence-corrected chi connectivity index (χ2v) is 4.14. The maximum Gasteiger partial charge on any atom is 0.246 e. The number of hydrogen-bond acceptors (Lipinski definition) is 2. The average molecular weight is 203 g/mol. The maximum atomic E-state index is 11.2. The Morgan fingerprint density at radius 1 is 1.33 bits per heavy atom. The molecule has 0 spiro atoms. The van der Waals surface area contributed by atoms with Crippen molar-refractivity contribution in [1.82, 2.24) is 5.32 Å². The van der Waals surface area contributed by atoms with Gasteiger partial charge in [0.15, 0.2) is 0 Å². The minimum Gasteiger partial charge on any atom is -0.362 e. The Balaban J connectivity index is 1.97. The molecule has 3 rings (SSSR count). The molecule has 0 bridgehead atoms. The van der Waals surface area contributed by atoms with Crippen LogP contribution in [0.25, 0.3) is 0 Å². The highest BCUT2D eigenvalue weighted by atomic mass is 16.5. The van der Waals surface area contributed by atoms with Gasteiger partial charge < -0.3 is 10.1 Å². The number of benzene rings is 1. The lowest BCUT2D eigenvalue weighted by molar-refractivity contribution is -0.137. The molecule has 1 aliphatic carbocycles. The molecule has 1 aromatic rings. The fraction of sp³-hybridized carbons (Fsp3) is 0.417. The van der Waals surface area contributed by atoms with Crippen LogP contribution in [0.1, 0.15) is 23.7 Å². The first-order chi connectivity index (χ1) is 7.34. The van der Waals surface area contributed by atoms with Gasteiger partial charge in [0.25, 0.3) is 0 Å². The highest BCUT2D eigenvalue weighted by molar-refractivity contribution is 5.78. The summed E-state index contributed by atoms with van der Waals surface area (Å²) in [6, 6.07) is 8.50. The summed E-state index contributed by atoms with van der Waals surface area (Å²) in [5.41, 5.74) is 2.60. The molecule has 3 heteroatoms. The number of carbonyl (C=O) groups is 1. The van der Waals surface area contributed by atoms with E-state index in [1.165, 1.54) is 11.1 Å². The van der Waals surface area contributed by atoms with Gasteiger partial charge in [-0.05, 0) is 24.0 Å². The predicted molar refractivity (Wildman–Crippen MR) is 55.4 cm³/mol. The normalized spacial score (nSPS) is 28.9. The molecule has 1 N–H and O–H groups in total. The zero-order chi connectivity index (χ0) is 10.3. The van der Waals surface area contributed by atoms with E-state index in [4.69, 9.17) is 4.74 Å². The highest BCUT2D eigenvalue weighted by Crippen LogP contribution is 2.34.